The molecule has 126 valence electrons. The number of aryl methyl sites for hydroxylation is 1. The predicted molar refractivity (Wildman–Crippen MR) is 92.8 cm³/mol. The third-order valence-electron chi connectivity index (χ3n) is 4.18. The molecule has 1 aromatic carbocycles. The zero-order valence-electron chi connectivity index (χ0n) is 13.4. The number of likely N-dealkylation sites (tertiary alicyclic amines) is 1. The van der Waals surface area contributed by atoms with Crippen LogP contribution in [0.15, 0.2) is 35.7 Å². The molecule has 1 saturated heterocycles. The van der Waals surface area contributed by atoms with Gasteiger partial charge in [0.2, 0.25) is 5.91 Å². The topological polar surface area (TPSA) is 49.4 Å². The maximum Gasteiger partial charge on any atom is 0.264 e. The largest absolute Gasteiger partial charge is 0.326 e. The molecule has 0 radical (unpaired) electrons. The van der Waals surface area contributed by atoms with Gasteiger partial charge >= 0.3 is 0 Å². The van der Waals surface area contributed by atoms with Crippen molar-refractivity contribution in [3.8, 4) is 0 Å². The molecule has 2 amide bonds. The van der Waals surface area contributed by atoms with Gasteiger partial charge in [-0.25, -0.2) is 4.39 Å². The Hall–Kier alpha value is -2.21. The number of carbonyl (C=O) groups excluding carboxylic acids is 2. The summed E-state index contributed by atoms with van der Waals surface area (Å²) in [4.78, 5) is 27.5. The second-order valence-corrected chi connectivity index (χ2v) is 6.91. The second-order valence-electron chi connectivity index (χ2n) is 5.96. The van der Waals surface area contributed by atoms with Crippen molar-refractivity contribution in [2.45, 2.75) is 32.2 Å². The lowest BCUT2D eigenvalue weighted by Gasteiger charge is -2.34. The van der Waals surface area contributed by atoms with Crippen LogP contribution >= 0.6 is 11.3 Å². The number of hydrogen-bond donors (Lipinski definition) is 1. The molecule has 1 aliphatic heterocycles. The van der Waals surface area contributed by atoms with Crippen LogP contribution in [-0.4, -0.2) is 29.3 Å². The minimum absolute atomic E-state index is 0.130. The summed E-state index contributed by atoms with van der Waals surface area (Å²) in [6, 6.07) is 7.60. The van der Waals surface area contributed by atoms with Crippen molar-refractivity contribution in [3.05, 3.63) is 52.0 Å². The first-order valence-corrected chi connectivity index (χ1v) is 8.86. The monoisotopic (exact) mass is 346 g/mol. The van der Waals surface area contributed by atoms with Crippen LogP contribution in [0.2, 0.25) is 0 Å². The van der Waals surface area contributed by atoms with E-state index in [0.717, 1.165) is 18.4 Å². The molecule has 0 aliphatic carbocycles. The molecule has 3 rings (SSSR count). The third-order valence-corrected chi connectivity index (χ3v) is 5.04. The van der Waals surface area contributed by atoms with Gasteiger partial charge in [-0.1, -0.05) is 12.1 Å². The molecule has 0 bridgehead atoms. The predicted octanol–water partition coefficient (Wildman–Crippen LogP) is 3.83. The highest BCUT2D eigenvalue weighted by atomic mass is 32.1. The summed E-state index contributed by atoms with van der Waals surface area (Å²) in [5.74, 6) is -0.931. The van der Waals surface area contributed by atoms with Crippen molar-refractivity contribution in [2.75, 3.05) is 11.9 Å². The highest BCUT2D eigenvalue weighted by Crippen LogP contribution is 2.24. The van der Waals surface area contributed by atoms with Crippen LogP contribution < -0.4 is 5.32 Å². The van der Waals surface area contributed by atoms with Crippen LogP contribution in [0, 0.1) is 12.7 Å². The van der Waals surface area contributed by atoms with Crippen molar-refractivity contribution in [1.82, 2.24) is 4.90 Å². The summed E-state index contributed by atoms with van der Waals surface area (Å²) < 4.78 is 13.9. The number of carbonyl (C=O) groups is 2. The second kappa shape index (κ2) is 7.13. The van der Waals surface area contributed by atoms with Crippen LogP contribution in [0.3, 0.4) is 0 Å². The average Bonchev–Trinajstić information content (AvgIpc) is 3.12. The Morgan fingerprint density at radius 2 is 2.12 bits per heavy atom. The van der Waals surface area contributed by atoms with Gasteiger partial charge in [-0.15, -0.1) is 11.3 Å². The molecule has 1 fully saturated rings. The number of hydrogen-bond acceptors (Lipinski definition) is 3. The summed E-state index contributed by atoms with van der Waals surface area (Å²) in [5, 5.41) is 4.49. The minimum Gasteiger partial charge on any atom is -0.326 e. The van der Waals surface area contributed by atoms with Gasteiger partial charge in [0.05, 0.1) is 10.6 Å². The van der Waals surface area contributed by atoms with Gasteiger partial charge < -0.3 is 10.2 Å². The lowest BCUT2D eigenvalue weighted by atomic mass is 10.0. The molecule has 1 unspecified atom stereocenters. The maximum absolute atomic E-state index is 13.9. The fourth-order valence-corrected chi connectivity index (χ4v) is 3.62. The van der Waals surface area contributed by atoms with Gasteiger partial charge in [0.1, 0.15) is 11.9 Å². The van der Waals surface area contributed by atoms with Crippen molar-refractivity contribution < 1.29 is 14.0 Å². The van der Waals surface area contributed by atoms with Gasteiger partial charge in [0.25, 0.3) is 5.91 Å². The minimum atomic E-state index is -0.562. The molecule has 0 saturated carbocycles. The first-order chi connectivity index (χ1) is 11.6. The highest BCUT2D eigenvalue weighted by molar-refractivity contribution is 7.12. The molecule has 24 heavy (non-hydrogen) atoms. The quantitative estimate of drug-likeness (QED) is 0.918. The van der Waals surface area contributed by atoms with E-state index in [9.17, 15) is 14.0 Å². The summed E-state index contributed by atoms with van der Waals surface area (Å²) in [7, 11) is 0. The molecule has 1 N–H and O–H groups in total. The molecule has 1 atom stereocenters. The fourth-order valence-electron chi connectivity index (χ4n) is 2.94. The Morgan fingerprint density at radius 1 is 1.29 bits per heavy atom. The van der Waals surface area contributed by atoms with Crippen molar-refractivity contribution in [3.63, 3.8) is 0 Å². The SMILES string of the molecule is Cc1ccc(F)c(NC(=O)C2CCCCN2C(=O)c2cccs2)c1. The lowest BCUT2D eigenvalue weighted by molar-refractivity contribution is -0.121. The molecule has 6 heteroatoms. The van der Waals surface area contributed by atoms with Gasteiger partial charge in [0, 0.05) is 6.54 Å². The van der Waals surface area contributed by atoms with Crippen molar-refractivity contribution in [1.29, 1.82) is 0 Å². The van der Waals surface area contributed by atoms with E-state index in [1.54, 1.807) is 23.1 Å². The Balaban J connectivity index is 1.78. The van der Waals surface area contributed by atoms with E-state index in [1.165, 1.54) is 17.4 Å². The van der Waals surface area contributed by atoms with Crippen LogP contribution in [-0.2, 0) is 4.79 Å². The molecule has 1 aliphatic rings. The lowest BCUT2D eigenvalue weighted by Crippen LogP contribution is -2.49. The van der Waals surface area contributed by atoms with E-state index in [-0.39, 0.29) is 17.5 Å². The molecule has 1 aromatic heterocycles. The number of nitrogens with one attached hydrogen (secondary N) is 1. The van der Waals surface area contributed by atoms with Crippen LogP contribution in [0.1, 0.15) is 34.5 Å². The van der Waals surface area contributed by atoms with Crippen LogP contribution in [0.5, 0.6) is 0 Å². The number of thiophene rings is 1. The Bertz CT molecular complexity index is 745. The first-order valence-electron chi connectivity index (χ1n) is 7.98. The number of piperidine rings is 1. The maximum atomic E-state index is 13.9. The summed E-state index contributed by atoms with van der Waals surface area (Å²) in [6.07, 6.45) is 2.35. The molecular weight excluding hydrogens is 327 g/mol. The van der Waals surface area contributed by atoms with E-state index in [2.05, 4.69) is 5.32 Å². The van der Waals surface area contributed by atoms with Gasteiger partial charge in [0.15, 0.2) is 0 Å². The molecule has 0 spiro atoms. The number of halogens is 1. The average molecular weight is 346 g/mol. The Labute approximate surface area is 144 Å². The van der Waals surface area contributed by atoms with Crippen LogP contribution in [0.4, 0.5) is 10.1 Å². The van der Waals surface area contributed by atoms with Crippen LogP contribution in [0.25, 0.3) is 0 Å². The van der Waals surface area contributed by atoms with E-state index >= 15 is 0 Å². The number of benzene rings is 1. The van der Waals surface area contributed by atoms with E-state index in [4.69, 9.17) is 0 Å². The first kappa shape index (κ1) is 16.6. The van der Waals surface area contributed by atoms with Crippen molar-refractivity contribution in [2.24, 2.45) is 0 Å². The molecule has 4 nitrogen and oxygen atoms in total. The van der Waals surface area contributed by atoms with E-state index in [0.29, 0.717) is 17.8 Å². The summed E-state index contributed by atoms with van der Waals surface area (Å²) >= 11 is 1.36. The van der Waals surface area contributed by atoms with Gasteiger partial charge in [-0.05, 0) is 55.3 Å². The Kier molecular flexibility index (Phi) is 4.94. The normalized spacial score (nSPS) is 17.6. The molecular formula is C18H19FN2O2S. The standard InChI is InChI=1S/C18H19FN2O2S/c1-12-7-8-13(19)14(11-12)20-17(22)15-5-2-3-9-21(15)18(23)16-6-4-10-24-16/h4,6-8,10-11,15H,2-3,5,9H2,1H3,(H,20,22). The van der Waals surface area contributed by atoms with E-state index in [1.807, 2.05) is 18.4 Å². The number of nitrogens with zero attached hydrogens (tertiary/aromatic N) is 1. The summed E-state index contributed by atoms with van der Waals surface area (Å²) in [5.41, 5.74) is 1.02. The fraction of sp³-hybridized carbons (Fsp3) is 0.333. The molecule has 2 heterocycles. The number of anilines is 1. The third kappa shape index (κ3) is 3.48. The van der Waals surface area contributed by atoms with Gasteiger partial charge in [-0.2, -0.15) is 0 Å². The van der Waals surface area contributed by atoms with Crippen molar-refractivity contribution >= 4 is 28.8 Å². The number of rotatable bonds is 3. The summed E-state index contributed by atoms with van der Waals surface area (Å²) in [6.45, 7) is 2.38. The zero-order chi connectivity index (χ0) is 17.1. The molecule has 2 aromatic rings. The van der Waals surface area contributed by atoms with E-state index < -0.39 is 11.9 Å². The smallest absolute Gasteiger partial charge is 0.264 e. The highest BCUT2D eigenvalue weighted by Gasteiger charge is 2.33. The zero-order valence-corrected chi connectivity index (χ0v) is 14.2. The Morgan fingerprint density at radius 3 is 2.88 bits per heavy atom. The number of amides is 2. The van der Waals surface area contributed by atoms with Gasteiger partial charge in [-0.3, -0.25) is 9.59 Å².